The average Bonchev–Trinajstić information content (AvgIpc) is 3.31. The van der Waals surface area contributed by atoms with Gasteiger partial charge in [-0.25, -0.2) is 4.79 Å². The van der Waals surface area contributed by atoms with E-state index in [4.69, 9.17) is 28.4 Å². The van der Waals surface area contributed by atoms with Gasteiger partial charge in [0.15, 0.2) is 18.7 Å². The summed E-state index contributed by atoms with van der Waals surface area (Å²) >= 11 is 0. The number of unbranched alkanes of at least 4 members (excludes halogenated alkanes) is 22. The zero-order valence-electron chi connectivity index (χ0n) is 40.4. The molecule has 15 nitrogen and oxygen atoms in total. The molecule has 0 amide bonds. The Bertz CT molecular complexity index is 1290. The van der Waals surface area contributed by atoms with Crippen LogP contribution in [0.15, 0.2) is 36.5 Å². The van der Waals surface area contributed by atoms with E-state index in [0.29, 0.717) is 6.42 Å². The molecule has 2 aliphatic rings. The molecule has 0 aliphatic carbocycles. The second kappa shape index (κ2) is 38.6. The maximum Gasteiger partial charge on any atom is 0.330 e. The third-order valence-corrected chi connectivity index (χ3v) is 12.2. The van der Waals surface area contributed by atoms with Gasteiger partial charge in [-0.15, -0.1) is 0 Å². The molecule has 2 saturated heterocycles. The van der Waals surface area contributed by atoms with Gasteiger partial charge >= 0.3 is 11.9 Å². The molecule has 7 N–H and O–H groups in total. The van der Waals surface area contributed by atoms with E-state index >= 15 is 0 Å². The molecule has 2 aliphatic heterocycles. The van der Waals surface area contributed by atoms with Crippen molar-refractivity contribution in [2.45, 2.75) is 248 Å². The van der Waals surface area contributed by atoms with Crippen molar-refractivity contribution < 1.29 is 73.8 Å². The summed E-state index contributed by atoms with van der Waals surface area (Å²) in [4.78, 5) is 25.6. The zero-order chi connectivity index (χ0) is 48.2. The second-order valence-electron chi connectivity index (χ2n) is 18.1. The summed E-state index contributed by atoms with van der Waals surface area (Å²) in [5, 5.41) is 72.0. The van der Waals surface area contributed by atoms with Crippen molar-refractivity contribution in [2.75, 3.05) is 26.4 Å². The van der Waals surface area contributed by atoms with Crippen molar-refractivity contribution in [3.63, 3.8) is 0 Å². The minimum atomic E-state index is -1.78. The SMILES string of the molecule is CCCCCCCC/C=C/CCCCCCCC(=O)O[C@H](COC(=O)/C=C/C=C/CCCCCCCCCCCCC)CO[C@@H]1O[C@H](CO[C@@H]2O[C@H](CO)[C@H](O)C(O)C2O)[C@H](O)C(O)C1O. The predicted molar refractivity (Wildman–Crippen MR) is 252 cm³/mol. The molecule has 0 bridgehead atoms. The van der Waals surface area contributed by atoms with E-state index in [2.05, 4.69) is 26.0 Å². The summed E-state index contributed by atoms with van der Waals surface area (Å²) in [7, 11) is 0. The molecular formula is C51H90O15. The molecule has 0 aromatic rings. The van der Waals surface area contributed by atoms with Crippen LogP contribution in [0, 0.1) is 0 Å². The van der Waals surface area contributed by atoms with Gasteiger partial charge in [0.1, 0.15) is 55.4 Å². The molecule has 4 unspecified atom stereocenters. The Kier molecular flexibility index (Phi) is 35.0. The van der Waals surface area contributed by atoms with E-state index in [1.54, 1.807) is 12.2 Å². The van der Waals surface area contributed by atoms with Crippen LogP contribution in [0.2, 0.25) is 0 Å². The first-order valence-corrected chi connectivity index (χ1v) is 25.6. The van der Waals surface area contributed by atoms with Gasteiger partial charge < -0.3 is 64.2 Å². The first-order valence-electron chi connectivity index (χ1n) is 25.6. The Labute approximate surface area is 395 Å². The fraction of sp³-hybridized carbons (Fsp3) is 0.843. The fourth-order valence-corrected chi connectivity index (χ4v) is 7.95. The van der Waals surface area contributed by atoms with E-state index in [9.17, 15) is 45.3 Å². The number of allylic oxidation sites excluding steroid dienone is 5. The fourth-order valence-electron chi connectivity index (χ4n) is 7.95. The highest BCUT2D eigenvalue weighted by Crippen LogP contribution is 2.26. The highest BCUT2D eigenvalue weighted by Gasteiger charge is 2.47. The molecule has 2 fully saturated rings. The maximum atomic E-state index is 13.0. The van der Waals surface area contributed by atoms with Crippen molar-refractivity contribution >= 4 is 11.9 Å². The van der Waals surface area contributed by atoms with Gasteiger partial charge in [-0.05, 0) is 44.9 Å². The van der Waals surface area contributed by atoms with Crippen LogP contribution in [0.5, 0.6) is 0 Å². The first kappa shape index (κ1) is 59.8. The molecule has 0 spiro atoms. The van der Waals surface area contributed by atoms with Crippen molar-refractivity contribution in [3.05, 3.63) is 36.5 Å². The standard InChI is InChI=1S/C51H90O15/c1-3-5-7-9-11-13-15-17-19-21-23-25-27-29-31-33-42(53)61-36-39(64-43(54)34-32-30-28-26-24-22-20-18-16-14-12-10-8-6-4-2)37-62-50-49(60)47(58)45(56)41(66-50)38-63-51-48(59)46(57)44(55)40(35-52)65-51/h18,20,27,29,31,33,39-41,44-52,55-60H,3-17,19,21-26,28,30,32,34-38H2,1-2H3/b20-18+,29-27+,33-31+/t39-,40-,41-,44+,45+,46?,47?,48?,49?,50-,51-/m1/s1. The lowest BCUT2D eigenvalue weighted by Crippen LogP contribution is -2.61. The highest BCUT2D eigenvalue weighted by molar-refractivity contribution is 5.82. The number of aliphatic hydroxyl groups excluding tert-OH is 7. The topological polar surface area (TPSA) is 231 Å². The molecule has 66 heavy (non-hydrogen) atoms. The predicted octanol–water partition coefficient (Wildman–Crippen LogP) is 6.93. The molecular weight excluding hydrogens is 853 g/mol. The molecule has 0 aromatic heterocycles. The minimum Gasteiger partial charge on any atom is -0.458 e. The third-order valence-electron chi connectivity index (χ3n) is 12.2. The number of aliphatic hydroxyl groups is 7. The number of carbonyl (C=O) groups excluding carboxylic acids is 2. The monoisotopic (exact) mass is 943 g/mol. The summed E-state index contributed by atoms with van der Waals surface area (Å²) in [6.07, 6.45) is 23.8. The van der Waals surface area contributed by atoms with Gasteiger partial charge in [0, 0.05) is 12.5 Å². The van der Waals surface area contributed by atoms with Crippen LogP contribution in [0.4, 0.5) is 0 Å². The maximum absolute atomic E-state index is 13.0. The lowest BCUT2D eigenvalue weighted by Gasteiger charge is -2.42. The number of rotatable bonds is 39. The average molecular weight is 943 g/mol. The Morgan fingerprint density at radius 3 is 1.50 bits per heavy atom. The molecule has 11 atom stereocenters. The van der Waals surface area contributed by atoms with Gasteiger partial charge in [0.2, 0.25) is 0 Å². The largest absolute Gasteiger partial charge is 0.458 e. The Balaban J connectivity index is 1.85. The third kappa shape index (κ3) is 26.5. The molecule has 2 heterocycles. The van der Waals surface area contributed by atoms with Gasteiger partial charge in [-0.1, -0.05) is 160 Å². The van der Waals surface area contributed by atoms with Gasteiger partial charge in [-0.2, -0.15) is 0 Å². The summed E-state index contributed by atoms with van der Waals surface area (Å²) in [5.74, 6) is -1.19. The van der Waals surface area contributed by atoms with E-state index in [0.717, 1.165) is 51.4 Å². The normalized spacial score (nSPS) is 26.4. The van der Waals surface area contributed by atoms with Crippen molar-refractivity contribution in [3.8, 4) is 0 Å². The molecule has 384 valence electrons. The van der Waals surface area contributed by atoms with Gasteiger partial charge in [0.25, 0.3) is 0 Å². The minimum absolute atomic E-state index is 0.136. The Morgan fingerprint density at radius 1 is 0.515 bits per heavy atom. The van der Waals surface area contributed by atoms with Crippen molar-refractivity contribution in [1.29, 1.82) is 0 Å². The first-order chi connectivity index (χ1) is 32.0. The van der Waals surface area contributed by atoms with Crippen molar-refractivity contribution in [1.82, 2.24) is 0 Å². The van der Waals surface area contributed by atoms with Crippen LogP contribution < -0.4 is 0 Å². The summed E-state index contributed by atoms with van der Waals surface area (Å²) in [6, 6.07) is 0. The zero-order valence-corrected chi connectivity index (χ0v) is 40.4. The number of esters is 2. The van der Waals surface area contributed by atoms with Crippen LogP contribution in [-0.2, 0) is 38.0 Å². The lowest BCUT2D eigenvalue weighted by atomic mass is 9.98. The smallest absolute Gasteiger partial charge is 0.330 e. The molecule has 0 radical (unpaired) electrons. The molecule has 15 heteroatoms. The lowest BCUT2D eigenvalue weighted by molar-refractivity contribution is -0.332. The van der Waals surface area contributed by atoms with Gasteiger partial charge in [-0.3, -0.25) is 4.79 Å². The van der Waals surface area contributed by atoms with E-state index in [1.165, 1.54) is 109 Å². The van der Waals surface area contributed by atoms with E-state index in [-0.39, 0.29) is 13.0 Å². The Morgan fingerprint density at radius 2 is 0.970 bits per heavy atom. The van der Waals surface area contributed by atoms with Gasteiger partial charge in [0.05, 0.1) is 19.8 Å². The van der Waals surface area contributed by atoms with Crippen LogP contribution in [-0.4, -0.2) is 142 Å². The number of hydrogen-bond acceptors (Lipinski definition) is 15. The summed E-state index contributed by atoms with van der Waals surface area (Å²) < 4.78 is 33.4. The molecule has 2 rings (SSSR count). The Hall–Kier alpha value is -2.28. The molecule has 0 saturated carbocycles. The van der Waals surface area contributed by atoms with E-state index in [1.807, 2.05) is 6.08 Å². The second-order valence-corrected chi connectivity index (χ2v) is 18.1. The molecule has 0 aromatic carbocycles. The number of hydrogen-bond donors (Lipinski definition) is 7. The van der Waals surface area contributed by atoms with Crippen LogP contribution in [0.1, 0.15) is 181 Å². The van der Waals surface area contributed by atoms with Crippen LogP contribution >= 0.6 is 0 Å². The number of ether oxygens (including phenoxy) is 6. The summed E-state index contributed by atoms with van der Waals surface area (Å²) in [5.41, 5.74) is 0. The highest BCUT2D eigenvalue weighted by atomic mass is 16.7. The van der Waals surface area contributed by atoms with Crippen LogP contribution in [0.3, 0.4) is 0 Å². The summed E-state index contributed by atoms with van der Waals surface area (Å²) in [6.45, 7) is 2.45. The van der Waals surface area contributed by atoms with E-state index < -0.39 is 99.3 Å². The quantitative estimate of drug-likeness (QED) is 0.0109. The van der Waals surface area contributed by atoms with Crippen molar-refractivity contribution in [2.24, 2.45) is 0 Å². The number of carbonyl (C=O) groups is 2. The van der Waals surface area contributed by atoms with Crippen LogP contribution in [0.25, 0.3) is 0 Å².